The number of aromatic nitrogens is 1. The van der Waals surface area contributed by atoms with E-state index in [1.165, 1.54) is 13.2 Å². The van der Waals surface area contributed by atoms with Gasteiger partial charge < -0.3 is 4.74 Å². The number of methoxy groups -OCH3 is 1. The molecule has 0 saturated carbocycles. The van der Waals surface area contributed by atoms with Crippen LogP contribution in [0.5, 0.6) is 0 Å². The number of ether oxygens (including phenoxy) is 1. The Morgan fingerprint density at radius 3 is 2.84 bits per heavy atom. The van der Waals surface area contributed by atoms with Crippen LogP contribution in [-0.2, 0) is 14.3 Å². The van der Waals surface area contributed by atoms with Gasteiger partial charge >= 0.3 is 5.97 Å². The summed E-state index contributed by atoms with van der Waals surface area (Å²) in [5, 5.41) is 2.02. The molecule has 0 atom stereocenters. The Hall–Kier alpha value is -2.49. The third-order valence-corrected chi connectivity index (χ3v) is 2.68. The van der Waals surface area contributed by atoms with Crippen molar-refractivity contribution in [1.29, 1.82) is 0 Å². The molecule has 1 aromatic carbocycles. The second kappa shape index (κ2) is 5.91. The van der Waals surface area contributed by atoms with Crippen molar-refractivity contribution in [2.24, 2.45) is 0 Å². The number of carbonyl (C=O) groups excluding carboxylic acids is 2. The molecule has 0 aliphatic carbocycles. The van der Waals surface area contributed by atoms with Crippen LogP contribution in [0.2, 0.25) is 0 Å². The highest BCUT2D eigenvalue weighted by Crippen LogP contribution is 2.17. The van der Waals surface area contributed by atoms with Gasteiger partial charge in [-0.25, -0.2) is 0 Å². The van der Waals surface area contributed by atoms with E-state index >= 15 is 0 Å². The number of esters is 1. The molecule has 0 amide bonds. The van der Waals surface area contributed by atoms with E-state index in [1.54, 1.807) is 12.3 Å². The number of allylic oxidation sites excluding steroid dienone is 1. The Balaban J connectivity index is 2.21. The normalized spacial score (nSPS) is 10.8. The topological polar surface area (TPSA) is 56.3 Å². The summed E-state index contributed by atoms with van der Waals surface area (Å²) in [5.74, 6) is -0.845. The van der Waals surface area contributed by atoms with E-state index in [0.717, 1.165) is 10.8 Å². The lowest BCUT2D eigenvalue weighted by atomic mass is 10.1. The summed E-state index contributed by atoms with van der Waals surface area (Å²) < 4.78 is 4.43. The summed E-state index contributed by atoms with van der Waals surface area (Å²) in [6, 6.07) is 9.68. The Bertz CT molecular complexity index is 641. The maximum atomic E-state index is 11.5. The van der Waals surface area contributed by atoms with E-state index in [2.05, 4.69) is 9.72 Å². The number of nitrogens with zero attached hydrogens (tertiary/aromatic N) is 1. The minimum Gasteiger partial charge on any atom is -0.469 e. The van der Waals surface area contributed by atoms with E-state index in [0.29, 0.717) is 5.69 Å². The van der Waals surface area contributed by atoms with Gasteiger partial charge in [0.15, 0.2) is 5.78 Å². The second-order valence-corrected chi connectivity index (χ2v) is 3.97. The summed E-state index contributed by atoms with van der Waals surface area (Å²) >= 11 is 0. The van der Waals surface area contributed by atoms with Crippen molar-refractivity contribution in [1.82, 2.24) is 4.98 Å². The molecule has 0 aliphatic heterocycles. The van der Waals surface area contributed by atoms with Crippen molar-refractivity contribution in [3.63, 3.8) is 0 Å². The molecular formula is C15H13NO3. The van der Waals surface area contributed by atoms with Gasteiger partial charge in [0.05, 0.1) is 12.8 Å². The average Bonchev–Trinajstić information content (AvgIpc) is 2.44. The number of ketones is 1. The third kappa shape index (κ3) is 3.25. The summed E-state index contributed by atoms with van der Waals surface area (Å²) in [5.41, 5.74) is 0.705. The first-order valence-electron chi connectivity index (χ1n) is 5.82. The zero-order chi connectivity index (χ0) is 13.7. The van der Waals surface area contributed by atoms with E-state index in [9.17, 15) is 9.59 Å². The Labute approximate surface area is 110 Å². The fourth-order valence-corrected chi connectivity index (χ4v) is 1.72. The van der Waals surface area contributed by atoms with Gasteiger partial charge in [0.2, 0.25) is 0 Å². The molecule has 19 heavy (non-hydrogen) atoms. The number of benzene rings is 1. The van der Waals surface area contributed by atoms with Crippen molar-refractivity contribution >= 4 is 28.6 Å². The summed E-state index contributed by atoms with van der Waals surface area (Å²) in [6.45, 7) is 0. The molecule has 1 heterocycles. The molecular weight excluding hydrogens is 242 g/mol. The van der Waals surface area contributed by atoms with E-state index < -0.39 is 5.97 Å². The van der Waals surface area contributed by atoms with E-state index in [1.807, 2.05) is 30.3 Å². The van der Waals surface area contributed by atoms with Gasteiger partial charge in [0, 0.05) is 11.6 Å². The first-order chi connectivity index (χ1) is 9.20. The number of pyridine rings is 1. The lowest BCUT2D eigenvalue weighted by Crippen LogP contribution is -2.06. The first kappa shape index (κ1) is 13.0. The van der Waals surface area contributed by atoms with Crippen LogP contribution in [0, 0.1) is 0 Å². The highest BCUT2D eigenvalue weighted by atomic mass is 16.5. The van der Waals surface area contributed by atoms with Crippen molar-refractivity contribution < 1.29 is 14.3 Å². The summed E-state index contributed by atoms with van der Waals surface area (Å²) in [7, 11) is 1.26. The van der Waals surface area contributed by atoms with Crippen molar-refractivity contribution in [2.75, 3.05) is 7.11 Å². The van der Waals surface area contributed by atoms with Crippen LogP contribution >= 0.6 is 0 Å². The van der Waals surface area contributed by atoms with Gasteiger partial charge in [-0.2, -0.15) is 0 Å². The van der Waals surface area contributed by atoms with E-state index in [-0.39, 0.29) is 12.2 Å². The number of hydrogen-bond acceptors (Lipinski definition) is 4. The highest BCUT2D eigenvalue weighted by molar-refractivity contribution is 6.04. The number of carbonyl (C=O) groups is 2. The van der Waals surface area contributed by atoms with Crippen LogP contribution < -0.4 is 0 Å². The molecule has 0 bridgehead atoms. The molecule has 0 radical (unpaired) electrons. The molecule has 0 spiro atoms. The third-order valence-electron chi connectivity index (χ3n) is 2.68. The van der Waals surface area contributed by atoms with Crippen molar-refractivity contribution in [3.05, 3.63) is 48.3 Å². The zero-order valence-electron chi connectivity index (χ0n) is 10.5. The quantitative estimate of drug-likeness (QED) is 0.478. The SMILES string of the molecule is COC(=O)CC(=O)C=Cc1nccc2ccccc12. The van der Waals surface area contributed by atoms with Crippen LogP contribution in [0.3, 0.4) is 0 Å². The van der Waals surface area contributed by atoms with Crippen LogP contribution in [-0.4, -0.2) is 23.8 Å². The van der Waals surface area contributed by atoms with E-state index in [4.69, 9.17) is 0 Å². The molecule has 4 nitrogen and oxygen atoms in total. The van der Waals surface area contributed by atoms with Gasteiger partial charge in [-0.1, -0.05) is 24.3 Å². The van der Waals surface area contributed by atoms with Gasteiger partial charge in [-0.05, 0) is 23.6 Å². The average molecular weight is 255 g/mol. The van der Waals surface area contributed by atoms with Gasteiger partial charge in [-0.3, -0.25) is 14.6 Å². The van der Waals surface area contributed by atoms with Crippen molar-refractivity contribution in [2.45, 2.75) is 6.42 Å². The molecule has 96 valence electrons. The molecule has 0 N–H and O–H groups in total. The molecule has 0 aliphatic rings. The fourth-order valence-electron chi connectivity index (χ4n) is 1.72. The van der Waals surface area contributed by atoms with Crippen LogP contribution in [0.25, 0.3) is 16.8 Å². The molecule has 2 rings (SSSR count). The second-order valence-electron chi connectivity index (χ2n) is 3.97. The van der Waals surface area contributed by atoms with Crippen molar-refractivity contribution in [3.8, 4) is 0 Å². The lowest BCUT2D eigenvalue weighted by molar-refractivity contribution is -0.142. The zero-order valence-corrected chi connectivity index (χ0v) is 10.5. The summed E-state index contributed by atoms with van der Waals surface area (Å²) in [6.07, 6.45) is 4.41. The Kier molecular flexibility index (Phi) is 4.03. The maximum Gasteiger partial charge on any atom is 0.313 e. The largest absolute Gasteiger partial charge is 0.469 e. The fraction of sp³-hybridized carbons (Fsp3) is 0.133. The van der Waals surface area contributed by atoms with Crippen LogP contribution in [0.1, 0.15) is 12.1 Å². The Morgan fingerprint density at radius 1 is 1.26 bits per heavy atom. The number of hydrogen-bond donors (Lipinski definition) is 0. The number of fused-ring (bicyclic) bond motifs is 1. The maximum absolute atomic E-state index is 11.5. The van der Waals surface area contributed by atoms with Gasteiger partial charge in [-0.15, -0.1) is 0 Å². The van der Waals surface area contributed by atoms with Crippen LogP contribution in [0.4, 0.5) is 0 Å². The molecule has 1 aromatic heterocycles. The van der Waals surface area contributed by atoms with Gasteiger partial charge in [0.25, 0.3) is 0 Å². The smallest absolute Gasteiger partial charge is 0.313 e. The lowest BCUT2D eigenvalue weighted by Gasteiger charge is -2.00. The first-order valence-corrected chi connectivity index (χ1v) is 5.82. The standard InChI is InChI=1S/C15H13NO3/c1-19-15(18)10-12(17)6-7-14-13-5-3-2-4-11(13)8-9-16-14/h2-9H,10H2,1H3. The molecule has 4 heteroatoms. The molecule has 0 saturated heterocycles. The minimum absolute atomic E-state index is 0.252. The minimum atomic E-state index is -0.541. The molecule has 2 aromatic rings. The molecule has 0 fully saturated rings. The predicted molar refractivity (Wildman–Crippen MR) is 72.4 cm³/mol. The van der Waals surface area contributed by atoms with Gasteiger partial charge in [0.1, 0.15) is 6.42 Å². The summed E-state index contributed by atoms with van der Waals surface area (Å²) in [4.78, 5) is 26.7. The monoisotopic (exact) mass is 255 g/mol. The predicted octanol–water partition coefficient (Wildman–Crippen LogP) is 2.38. The Morgan fingerprint density at radius 2 is 2.05 bits per heavy atom. The highest BCUT2D eigenvalue weighted by Gasteiger charge is 2.06. The number of rotatable bonds is 4. The molecule has 0 unspecified atom stereocenters. The van der Waals surface area contributed by atoms with Crippen LogP contribution in [0.15, 0.2) is 42.6 Å².